The van der Waals surface area contributed by atoms with Crippen LogP contribution in [-0.4, -0.2) is 23.7 Å². The third kappa shape index (κ3) is 5.63. The molecular weight excluding hydrogens is 402 g/mol. The molecule has 0 unspecified atom stereocenters. The number of aliphatic hydroxyl groups is 1. The fourth-order valence-electron chi connectivity index (χ4n) is 2.52. The molecule has 10 heteroatoms. The van der Waals surface area contributed by atoms with Crippen LogP contribution in [-0.2, 0) is 23.1 Å². The van der Waals surface area contributed by atoms with Gasteiger partial charge in [-0.25, -0.2) is 0 Å². The van der Waals surface area contributed by atoms with Crippen molar-refractivity contribution in [3.63, 3.8) is 0 Å². The first-order chi connectivity index (χ1) is 13.3. The maximum atomic E-state index is 13.5. The second kappa shape index (κ2) is 8.32. The van der Waals surface area contributed by atoms with Gasteiger partial charge in [-0.05, 0) is 35.4 Å². The van der Waals surface area contributed by atoms with Gasteiger partial charge in [-0.2, -0.15) is 26.3 Å². The molecule has 0 spiro atoms. The first kappa shape index (κ1) is 22.5. The van der Waals surface area contributed by atoms with Gasteiger partial charge in [-0.3, -0.25) is 4.79 Å². The van der Waals surface area contributed by atoms with Gasteiger partial charge in [0.05, 0.1) is 12.1 Å². The summed E-state index contributed by atoms with van der Waals surface area (Å²) >= 11 is 0. The van der Waals surface area contributed by atoms with E-state index < -0.39 is 35.6 Å². The van der Waals surface area contributed by atoms with Crippen molar-refractivity contribution in [1.29, 1.82) is 0 Å². The van der Waals surface area contributed by atoms with Gasteiger partial charge in [-0.1, -0.05) is 24.3 Å². The van der Waals surface area contributed by atoms with Crippen LogP contribution in [0.25, 0.3) is 0 Å². The number of rotatable bonds is 6. The highest BCUT2D eigenvalue weighted by molar-refractivity contribution is 5.72. The largest absolute Gasteiger partial charge is 0.423 e. The normalized spacial score (nSPS) is 14.2. The van der Waals surface area contributed by atoms with Gasteiger partial charge in [0.1, 0.15) is 0 Å². The van der Waals surface area contributed by atoms with Gasteiger partial charge in [0.15, 0.2) is 0 Å². The molecule has 0 radical (unpaired) electrons. The van der Waals surface area contributed by atoms with Crippen molar-refractivity contribution >= 4 is 11.6 Å². The van der Waals surface area contributed by atoms with Gasteiger partial charge in [0.25, 0.3) is 0 Å². The molecule has 0 heterocycles. The zero-order valence-corrected chi connectivity index (χ0v) is 15.2. The van der Waals surface area contributed by atoms with Crippen LogP contribution in [0.2, 0.25) is 0 Å². The first-order valence-corrected chi connectivity index (χ1v) is 8.37. The number of benzene rings is 2. The summed E-state index contributed by atoms with van der Waals surface area (Å²) in [6.07, 6.45) is -10.1. The number of hydrogen-bond donors (Lipinski definition) is 3. The molecule has 0 saturated heterocycles. The number of carbonyl (C=O) groups is 1. The van der Waals surface area contributed by atoms with Crippen LogP contribution >= 0.6 is 0 Å². The van der Waals surface area contributed by atoms with E-state index in [1.54, 1.807) is 12.1 Å². The van der Waals surface area contributed by atoms with E-state index in [1.165, 1.54) is 19.1 Å². The Labute approximate surface area is 162 Å². The molecule has 0 aromatic heterocycles. The molecule has 2 rings (SSSR count). The van der Waals surface area contributed by atoms with Crippen molar-refractivity contribution in [1.82, 2.24) is 5.32 Å². The lowest BCUT2D eigenvalue weighted by atomic mass is 9.91. The molecule has 29 heavy (non-hydrogen) atoms. The minimum absolute atomic E-state index is 0.214. The summed E-state index contributed by atoms with van der Waals surface area (Å²) < 4.78 is 79.2. The quantitative estimate of drug-likeness (QED) is 0.614. The number of amides is 1. The molecule has 0 aliphatic heterocycles. The average Bonchev–Trinajstić information content (AvgIpc) is 2.63. The number of hydrogen-bond acceptors (Lipinski definition) is 3. The van der Waals surface area contributed by atoms with Crippen molar-refractivity contribution in [2.75, 3.05) is 11.9 Å². The Balaban J connectivity index is 2.23. The number of anilines is 1. The Morgan fingerprint density at radius 2 is 1.55 bits per heavy atom. The minimum Gasteiger partial charge on any atom is -0.381 e. The van der Waals surface area contributed by atoms with E-state index in [-0.39, 0.29) is 24.2 Å². The molecule has 2 aromatic carbocycles. The van der Waals surface area contributed by atoms with Crippen molar-refractivity contribution < 1.29 is 36.2 Å². The van der Waals surface area contributed by atoms with Crippen LogP contribution in [0.3, 0.4) is 0 Å². The van der Waals surface area contributed by atoms with Crippen molar-refractivity contribution in [3.05, 3.63) is 65.2 Å². The minimum atomic E-state index is -5.23. The summed E-state index contributed by atoms with van der Waals surface area (Å²) in [4.78, 5) is 10.9. The monoisotopic (exact) mass is 420 g/mol. The van der Waals surface area contributed by atoms with Crippen LogP contribution in [0.5, 0.6) is 0 Å². The molecule has 4 nitrogen and oxygen atoms in total. The lowest BCUT2D eigenvalue weighted by molar-refractivity contribution is -0.260. The van der Waals surface area contributed by atoms with E-state index in [0.717, 1.165) is 12.1 Å². The summed E-state index contributed by atoms with van der Waals surface area (Å²) in [5.41, 5.74) is -4.85. The van der Waals surface area contributed by atoms with Crippen LogP contribution < -0.4 is 10.6 Å². The second-order valence-electron chi connectivity index (χ2n) is 6.40. The predicted octanol–water partition coefficient (Wildman–Crippen LogP) is 4.20. The molecule has 3 N–H and O–H groups in total. The standard InChI is InChI=1S/C19H18F6N2O2/c1-12(28)26-10-13-5-7-16(8-6-13)27-11-17(29,19(23,24)25)14-3-2-4-15(9-14)18(20,21)22/h2-9,27,29H,10-11H2,1H3,(H,26,28)/t17-/m1/s1. The predicted molar refractivity (Wildman–Crippen MR) is 93.8 cm³/mol. The van der Waals surface area contributed by atoms with Crippen LogP contribution in [0.15, 0.2) is 48.5 Å². The molecule has 158 valence electrons. The third-order valence-electron chi connectivity index (χ3n) is 4.18. The zero-order valence-electron chi connectivity index (χ0n) is 15.2. The van der Waals surface area contributed by atoms with Crippen LogP contribution in [0.4, 0.5) is 32.0 Å². The summed E-state index contributed by atoms with van der Waals surface area (Å²) in [7, 11) is 0. The Morgan fingerprint density at radius 1 is 0.966 bits per heavy atom. The Kier molecular flexibility index (Phi) is 6.46. The number of nitrogens with one attached hydrogen (secondary N) is 2. The molecule has 2 aromatic rings. The van der Waals surface area contributed by atoms with Gasteiger partial charge in [-0.15, -0.1) is 0 Å². The molecule has 0 saturated carbocycles. The summed E-state index contributed by atoms with van der Waals surface area (Å²) in [5.74, 6) is -0.247. The lowest BCUT2D eigenvalue weighted by Crippen LogP contribution is -2.47. The zero-order chi connectivity index (χ0) is 21.9. The molecule has 0 aliphatic rings. The topological polar surface area (TPSA) is 61.4 Å². The Morgan fingerprint density at radius 3 is 2.07 bits per heavy atom. The molecule has 0 aliphatic carbocycles. The summed E-state index contributed by atoms with van der Waals surface area (Å²) in [6.45, 7) is 0.469. The second-order valence-corrected chi connectivity index (χ2v) is 6.40. The van der Waals surface area contributed by atoms with Crippen molar-refractivity contribution in [2.24, 2.45) is 0 Å². The number of carbonyl (C=O) groups excluding carboxylic acids is 1. The summed E-state index contributed by atoms with van der Waals surface area (Å²) in [6, 6.07) is 8.48. The maximum Gasteiger partial charge on any atom is 0.423 e. The van der Waals surface area contributed by atoms with Gasteiger partial charge in [0, 0.05) is 19.2 Å². The van der Waals surface area contributed by atoms with E-state index in [9.17, 15) is 36.2 Å². The van der Waals surface area contributed by atoms with Gasteiger partial charge < -0.3 is 15.7 Å². The fourth-order valence-corrected chi connectivity index (χ4v) is 2.52. The fraction of sp³-hybridized carbons (Fsp3) is 0.316. The highest BCUT2D eigenvalue weighted by atomic mass is 19.4. The lowest BCUT2D eigenvalue weighted by Gasteiger charge is -2.32. The molecular formula is C19H18F6N2O2. The van der Waals surface area contributed by atoms with Crippen LogP contribution in [0, 0.1) is 0 Å². The van der Waals surface area contributed by atoms with E-state index in [2.05, 4.69) is 10.6 Å². The number of alkyl halides is 6. The Hall–Kier alpha value is -2.75. The molecule has 1 atom stereocenters. The molecule has 1 amide bonds. The SMILES string of the molecule is CC(=O)NCc1ccc(NC[C@@](O)(c2cccc(C(F)(F)F)c2)C(F)(F)F)cc1. The Bertz CT molecular complexity index is 849. The van der Waals surface area contributed by atoms with Crippen molar-refractivity contribution in [3.8, 4) is 0 Å². The molecule has 0 fully saturated rings. The summed E-state index contributed by atoms with van der Waals surface area (Å²) in [5, 5.41) is 15.2. The maximum absolute atomic E-state index is 13.5. The number of halogens is 6. The van der Waals surface area contributed by atoms with Gasteiger partial charge in [0.2, 0.25) is 11.5 Å². The molecule has 0 bridgehead atoms. The smallest absolute Gasteiger partial charge is 0.381 e. The first-order valence-electron chi connectivity index (χ1n) is 8.37. The van der Waals surface area contributed by atoms with Crippen LogP contribution in [0.1, 0.15) is 23.6 Å². The third-order valence-corrected chi connectivity index (χ3v) is 4.18. The highest BCUT2D eigenvalue weighted by Gasteiger charge is 2.55. The highest BCUT2D eigenvalue weighted by Crippen LogP contribution is 2.41. The van der Waals surface area contributed by atoms with Crippen molar-refractivity contribution in [2.45, 2.75) is 31.4 Å². The van der Waals surface area contributed by atoms with E-state index in [1.807, 2.05) is 0 Å². The van der Waals surface area contributed by atoms with E-state index >= 15 is 0 Å². The van der Waals surface area contributed by atoms with E-state index in [4.69, 9.17) is 0 Å². The van der Waals surface area contributed by atoms with Gasteiger partial charge >= 0.3 is 12.4 Å². The van der Waals surface area contributed by atoms with E-state index in [0.29, 0.717) is 11.6 Å². The average molecular weight is 420 g/mol.